The van der Waals surface area contributed by atoms with E-state index in [-0.39, 0.29) is 29.0 Å². The molecule has 1 aromatic heterocycles. The molecule has 3 heterocycles. The number of benzene rings is 2. The predicted molar refractivity (Wildman–Crippen MR) is 115 cm³/mol. The van der Waals surface area contributed by atoms with Gasteiger partial charge in [-0.05, 0) is 24.0 Å². The molecule has 2 aliphatic heterocycles. The highest BCUT2D eigenvalue weighted by molar-refractivity contribution is 5.92. The molecule has 2 aliphatic rings. The van der Waals surface area contributed by atoms with Crippen LogP contribution >= 0.6 is 0 Å². The van der Waals surface area contributed by atoms with E-state index in [2.05, 4.69) is 17.3 Å². The zero-order valence-corrected chi connectivity index (χ0v) is 17.3. The fourth-order valence-corrected chi connectivity index (χ4v) is 5.22. The molecule has 0 spiro atoms. The molecule has 0 radical (unpaired) electrons. The lowest BCUT2D eigenvalue weighted by Gasteiger charge is -2.38. The number of rotatable bonds is 4. The Labute approximate surface area is 181 Å². The van der Waals surface area contributed by atoms with Crippen LogP contribution in [0.4, 0.5) is 0 Å². The number of fused-ring (bicyclic) bond motifs is 1. The molecule has 6 nitrogen and oxygen atoms in total. The lowest BCUT2D eigenvalue weighted by Crippen LogP contribution is -2.50. The number of nitrogens with zero attached hydrogens (tertiary/aromatic N) is 3. The number of hydrogen-bond acceptors (Lipinski definition) is 4. The number of amides is 2. The Hall–Kier alpha value is -3.41. The van der Waals surface area contributed by atoms with Crippen LogP contribution < -0.4 is 0 Å². The van der Waals surface area contributed by atoms with Crippen LogP contribution in [0.5, 0.6) is 0 Å². The average Bonchev–Trinajstić information content (AvgIpc) is 3.45. The van der Waals surface area contributed by atoms with Crippen molar-refractivity contribution >= 4 is 11.8 Å². The van der Waals surface area contributed by atoms with E-state index in [9.17, 15) is 9.59 Å². The van der Waals surface area contributed by atoms with Gasteiger partial charge in [0.15, 0.2) is 0 Å². The molecule has 31 heavy (non-hydrogen) atoms. The molecule has 5 rings (SSSR count). The van der Waals surface area contributed by atoms with Gasteiger partial charge in [-0.15, -0.1) is 0 Å². The Bertz CT molecular complexity index is 1050. The van der Waals surface area contributed by atoms with Gasteiger partial charge in [0.05, 0.1) is 12.2 Å². The summed E-state index contributed by atoms with van der Waals surface area (Å²) in [5.74, 6) is 0.226. The molecule has 0 unspecified atom stereocenters. The van der Waals surface area contributed by atoms with Crippen LogP contribution in [0, 0.1) is 0 Å². The first kappa shape index (κ1) is 19.5. The summed E-state index contributed by atoms with van der Waals surface area (Å²) >= 11 is 0. The molecule has 3 aromatic rings. The van der Waals surface area contributed by atoms with E-state index in [1.165, 1.54) is 11.8 Å². The predicted octanol–water partition coefficient (Wildman–Crippen LogP) is 3.65. The van der Waals surface area contributed by atoms with Gasteiger partial charge in [-0.25, -0.2) is 0 Å². The largest absolute Gasteiger partial charge is 0.351 e. The lowest BCUT2D eigenvalue weighted by molar-refractivity contribution is -0.131. The molecule has 158 valence electrons. The lowest BCUT2D eigenvalue weighted by atomic mass is 9.71. The smallest absolute Gasteiger partial charge is 0.292 e. The van der Waals surface area contributed by atoms with Gasteiger partial charge < -0.3 is 14.3 Å². The van der Waals surface area contributed by atoms with Crippen molar-refractivity contribution in [2.24, 2.45) is 0 Å². The Morgan fingerprint density at radius 3 is 2.48 bits per heavy atom. The van der Waals surface area contributed by atoms with Gasteiger partial charge in [0.25, 0.3) is 5.91 Å². The van der Waals surface area contributed by atoms with Gasteiger partial charge in [-0.2, -0.15) is 0 Å². The Morgan fingerprint density at radius 2 is 1.77 bits per heavy atom. The summed E-state index contributed by atoms with van der Waals surface area (Å²) in [6, 6.07) is 21.9. The minimum absolute atomic E-state index is 0.123. The summed E-state index contributed by atoms with van der Waals surface area (Å²) in [5, 5.41) is 3.71. The SMILES string of the molecule is O=C1CC[C@@]2(c3ccccc3)CCN(C(=O)c3ccno3)[C@@H]2CN1Cc1ccccc1. The third kappa shape index (κ3) is 3.52. The van der Waals surface area contributed by atoms with Crippen LogP contribution in [0.1, 0.15) is 40.9 Å². The summed E-state index contributed by atoms with van der Waals surface area (Å²) in [5.41, 5.74) is 2.04. The maximum atomic E-state index is 13.3. The molecular weight excluding hydrogens is 390 g/mol. The zero-order chi connectivity index (χ0) is 21.3. The average molecular weight is 415 g/mol. The first-order chi connectivity index (χ1) is 15.2. The normalized spacial score (nSPS) is 23.5. The van der Waals surface area contributed by atoms with Gasteiger partial charge in [-0.3, -0.25) is 9.59 Å². The van der Waals surface area contributed by atoms with Crippen molar-refractivity contribution in [1.82, 2.24) is 15.0 Å². The third-order valence-corrected chi connectivity index (χ3v) is 6.82. The zero-order valence-electron chi connectivity index (χ0n) is 17.3. The monoisotopic (exact) mass is 415 g/mol. The second-order valence-corrected chi connectivity index (χ2v) is 8.42. The van der Waals surface area contributed by atoms with Gasteiger partial charge in [-0.1, -0.05) is 65.8 Å². The summed E-state index contributed by atoms with van der Waals surface area (Å²) in [7, 11) is 0. The minimum Gasteiger partial charge on any atom is -0.351 e. The molecule has 2 atom stereocenters. The van der Waals surface area contributed by atoms with Crippen molar-refractivity contribution < 1.29 is 14.1 Å². The maximum absolute atomic E-state index is 13.3. The van der Waals surface area contributed by atoms with E-state index in [0.717, 1.165) is 18.4 Å². The minimum atomic E-state index is -0.252. The Kier molecular flexibility index (Phi) is 5.06. The quantitative estimate of drug-likeness (QED) is 0.652. The van der Waals surface area contributed by atoms with Crippen LogP contribution in [-0.2, 0) is 16.8 Å². The van der Waals surface area contributed by atoms with Crippen LogP contribution in [-0.4, -0.2) is 45.9 Å². The second kappa shape index (κ2) is 8.02. The number of likely N-dealkylation sites (tertiary alicyclic amines) is 2. The van der Waals surface area contributed by atoms with E-state index in [1.54, 1.807) is 6.07 Å². The van der Waals surface area contributed by atoms with Crippen molar-refractivity contribution in [1.29, 1.82) is 0 Å². The first-order valence-electron chi connectivity index (χ1n) is 10.8. The molecule has 0 N–H and O–H groups in total. The molecule has 2 saturated heterocycles. The molecule has 2 amide bonds. The standard InChI is InChI=1S/C25H25N3O3/c29-23-11-13-25(20-9-5-2-6-10-20)14-16-28(24(30)21-12-15-26-31-21)22(25)18-27(23)17-19-7-3-1-4-8-19/h1-10,12,15,22H,11,13-14,16-18H2/t22-,25+/m1/s1. The number of hydrogen-bond donors (Lipinski definition) is 0. The highest BCUT2D eigenvalue weighted by atomic mass is 16.5. The van der Waals surface area contributed by atoms with Gasteiger partial charge in [0, 0.05) is 37.5 Å². The second-order valence-electron chi connectivity index (χ2n) is 8.42. The number of aromatic nitrogens is 1. The summed E-state index contributed by atoms with van der Waals surface area (Å²) in [6.07, 6.45) is 3.52. The van der Waals surface area contributed by atoms with Crippen molar-refractivity contribution in [2.45, 2.75) is 37.3 Å². The van der Waals surface area contributed by atoms with Crippen molar-refractivity contribution in [3.8, 4) is 0 Å². The molecule has 2 fully saturated rings. The van der Waals surface area contributed by atoms with Crippen molar-refractivity contribution in [3.05, 3.63) is 89.8 Å². The van der Waals surface area contributed by atoms with Crippen molar-refractivity contribution in [3.63, 3.8) is 0 Å². The third-order valence-electron chi connectivity index (χ3n) is 6.82. The molecule has 6 heteroatoms. The van der Waals surface area contributed by atoms with E-state index < -0.39 is 0 Å². The highest BCUT2D eigenvalue weighted by Crippen LogP contribution is 2.46. The van der Waals surface area contributed by atoms with Gasteiger partial charge in [0.2, 0.25) is 11.7 Å². The number of carbonyl (C=O) groups excluding carboxylic acids is 2. The summed E-state index contributed by atoms with van der Waals surface area (Å²) < 4.78 is 5.18. The van der Waals surface area contributed by atoms with Crippen LogP contribution in [0.2, 0.25) is 0 Å². The fraction of sp³-hybridized carbons (Fsp3) is 0.320. The first-order valence-corrected chi connectivity index (χ1v) is 10.8. The van der Waals surface area contributed by atoms with Crippen LogP contribution in [0.3, 0.4) is 0 Å². The number of carbonyl (C=O) groups is 2. The van der Waals surface area contributed by atoms with Gasteiger partial charge in [0.1, 0.15) is 0 Å². The topological polar surface area (TPSA) is 66.7 Å². The summed E-state index contributed by atoms with van der Waals surface area (Å²) in [6.45, 7) is 1.68. The molecule has 0 aliphatic carbocycles. The van der Waals surface area contributed by atoms with E-state index in [4.69, 9.17) is 4.52 Å². The molecule has 2 aromatic carbocycles. The van der Waals surface area contributed by atoms with E-state index >= 15 is 0 Å². The fourth-order valence-electron chi connectivity index (χ4n) is 5.22. The van der Waals surface area contributed by atoms with Crippen LogP contribution in [0.25, 0.3) is 0 Å². The molecule has 0 bridgehead atoms. The Morgan fingerprint density at radius 1 is 1.03 bits per heavy atom. The van der Waals surface area contributed by atoms with E-state index in [1.807, 2.05) is 58.3 Å². The molecule has 0 saturated carbocycles. The highest BCUT2D eigenvalue weighted by Gasteiger charge is 2.52. The van der Waals surface area contributed by atoms with E-state index in [0.29, 0.717) is 26.1 Å². The summed E-state index contributed by atoms with van der Waals surface area (Å²) in [4.78, 5) is 30.2. The molecular formula is C25H25N3O3. The maximum Gasteiger partial charge on any atom is 0.292 e. The Balaban J connectivity index is 1.52. The van der Waals surface area contributed by atoms with Crippen molar-refractivity contribution in [2.75, 3.05) is 13.1 Å². The van der Waals surface area contributed by atoms with Gasteiger partial charge >= 0.3 is 0 Å². The van der Waals surface area contributed by atoms with Crippen LogP contribution in [0.15, 0.2) is 77.4 Å².